The highest BCUT2D eigenvalue weighted by Gasteiger charge is 2.31. The lowest BCUT2D eigenvalue weighted by atomic mass is 10.1. The summed E-state index contributed by atoms with van der Waals surface area (Å²) in [6.45, 7) is -0.170. The maximum atomic E-state index is 12.5. The second kappa shape index (κ2) is 8.61. The fourth-order valence-electron chi connectivity index (χ4n) is 3.34. The number of benzene rings is 2. The zero-order valence-electron chi connectivity index (χ0n) is 16.0. The number of hydrogen-bond donors (Lipinski definition) is 1. The average Bonchev–Trinajstić information content (AvgIpc) is 3.31. The van der Waals surface area contributed by atoms with Gasteiger partial charge in [0.05, 0.1) is 23.2 Å². The predicted molar refractivity (Wildman–Crippen MR) is 118 cm³/mol. The molecule has 1 N–H and O–H groups in total. The van der Waals surface area contributed by atoms with Crippen molar-refractivity contribution >= 4 is 37.5 Å². The molecule has 30 heavy (non-hydrogen) atoms. The van der Waals surface area contributed by atoms with E-state index in [9.17, 15) is 13.2 Å². The number of nitrogens with one attached hydrogen (secondary N) is 1. The zero-order chi connectivity index (χ0) is 21.1. The largest absolute Gasteiger partial charge is 0.484 e. The van der Waals surface area contributed by atoms with Crippen LogP contribution >= 0.6 is 15.9 Å². The Morgan fingerprint density at radius 1 is 1.17 bits per heavy atom. The summed E-state index contributed by atoms with van der Waals surface area (Å²) in [4.78, 5) is 12.5. The van der Waals surface area contributed by atoms with Gasteiger partial charge >= 0.3 is 0 Å². The Morgan fingerprint density at radius 3 is 2.57 bits per heavy atom. The Labute approximate surface area is 183 Å². The Hall–Kier alpha value is -2.65. The summed E-state index contributed by atoms with van der Waals surface area (Å²) in [6.07, 6.45) is 0.469. The molecule has 7 nitrogen and oxygen atoms in total. The molecule has 1 aliphatic heterocycles. The van der Waals surface area contributed by atoms with Gasteiger partial charge < -0.3 is 10.1 Å². The average molecular weight is 490 g/mol. The van der Waals surface area contributed by atoms with E-state index < -0.39 is 9.84 Å². The normalized spacial score (nSPS) is 17.6. The highest BCUT2D eigenvalue weighted by molar-refractivity contribution is 9.10. The fourth-order valence-corrected chi connectivity index (χ4v) is 5.30. The molecule has 2 heterocycles. The molecule has 0 spiro atoms. The molecule has 0 unspecified atom stereocenters. The number of rotatable bonds is 6. The number of sulfone groups is 1. The van der Waals surface area contributed by atoms with Crippen LogP contribution in [0.15, 0.2) is 65.1 Å². The van der Waals surface area contributed by atoms with Crippen LogP contribution in [0.4, 0.5) is 5.82 Å². The van der Waals surface area contributed by atoms with E-state index in [1.165, 1.54) is 0 Å². The summed E-state index contributed by atoms with van der Waals surface area (Å²) < 4.78 is 32.0. The second-order valence-corrected chi connectivity index (χ2v) is 10.2. The minimum atomic E-state index is -3.10. The first-order valence-electron chi connectivity index (χ1n) is 9.43. The van der Waals surface area contributed by atoms with Crippen molar-refractivity contribution < 1.29 is 17.9 Å². The maximum Gasteiger partial charge on any atom is 0.263 e. The molecule has 2 aromatic carbocycles. The monoisotopic (exact) mass is 489 g/mol. The standard InChI is InChI=1S/C21H20BrN3O4S/c22-16-6-8-18(9-7-16)29-13-21(26)23-20-12-19(15-4-2-1-3-5-15)24-25(20)17-10-11-30(27,28)14-17/h1-9,12,17H,10-11,13-14H2,(H,23,26)/t17-/m1/s1. The van der Waals surface area contributed by atoms with Gasteiger partial charge in [0.25, 0.3) is 5.91 Å². The minimum Gasteiger partial charge on any atom is -0.484 e. The van der Waals surface area contributed by atoms with E-state index >= 15 is 0 Å². The first-order valence-corrected chi connectivity index (χ1v) is 12.0. The smallest absolute Gasteiger partial charge is 0.263 e. The number of aromatic nitrogens is 2. The maximum absolute atomic E-state index is 12.5. The van der Waals surface area contributed by atoms with E-state index in [0.29, 0.717) is 23.7 Å². The van der Waals surface area contributed by atoms with Crippen LogP contribution in [0.1, 0.15) is 12.5 Å². The molecule has 0 radical (unpaired) electrons. The van der Waals surface area contributed by atoms with E-state index in [2.05, 4.69) is 26.3 Å². The third kappa shape index (κ3) is 4.91. The van der Waals surface area contributed by atoms with Crippen LogP contribution in [0.5, 0.6) is 5.75 Å². The summed E-state index contributed by atoms with van der Waals surface area (Å²) in [5.74, 6) is 0.827. The third-order valence-electron chi connectivity index (χ3n) is 4.81. The molecule has 1 saturated heterocycles. The molecule has 1 aromatic heterocycles. The van der Waals surface area contributed by atoms with Gasteiger partial charge in [-0.3, -0.25) is 4.79 Å². The molecule has 0 saturated carbocycles. The number of carbonyl (C=O) groups excluding carboxylic acids is 1. The van der Waals surface area contributed by atoms with Crippen LogP contribution in [0, 0.1) is 0 Å². The molecule has 1 amide bonds. The molecule has 0 bridgehead atoms. The van der Waals surface area contributed by atoms with Crippen molar-refractivity contribution in [2.75, 3.05) is 23.4 Å². The molecule has 1 fully saturated rings. The van der Waals surface area contributed by atoms with Crippen molar-refractivity contribution in [3.05, 3.63) is 65.1 Å². The Bertz CT molecular complexity index is 1140. The lowest BCUT2D eigenvalue weighted by Crippen LogP contribution is -2.23. The fraction of sp³-hybridized carbons (Fsp3) is 0.238. The first kappa shape index (κ1) is 20.6. The molecule has 1 atom stereocenters. The van der Waals surface area contributed by atoms with Gasteiger partial charge in [0.1, 0.15) is 11.6 Å². The van der Waals surface area contributed by atoms with Crippen molar-refractivity contribution in [1.82, 2.24) is 9.78 Å². The third-order valence-corrected chi connectivity index (χ3v) is 7.09. The lowest BCUT2D eigenvalue weighted by molar-refractivity contribution is -0.118. The first-order chi connectivity index (χ1) is 14.4. The summed E-state index contributed by atoms with van der Waals surface area (Å²) in [5.41, 5.74) is 1.56. The van der Waals surface area contributed by atoms with E-state index in [4.69, 9.17) is 4.74 Å². The van der Waals surface area contributed by atoms with Crippen LogP contribution in [0.3, 0.4) is 0 Å². The van der Waals surface area contributed by atoms with Gasteiger partial charge in [-0.2, -0.15) is 5.10 Å². The number of hydrogen-bond acceptors (Lipinski definition) is 5. The topological polar surface area (TPSA) is 90.3 Å². The summed E-state index contributed by atoms with van der Waals surface area (Å²) in [6, 6.07) is 18.2. The van der Waals surface area contributed by atoms with Gasteiger partial charge in [-0.1, -0.05) is 46.3 Å². The van der Waals surface area contributed by atoms with Crippen LogP contribution < -0.4 is 10.1 Å². The van der Waals surface area contributed by atoms with Crippen molar-refractivity contribution in [2.24, 2.45) is 0 Å². The highest BCUT2D eigenvalue weighted by Crippen LogP contribution is 2.30. The molecule has 9 heteroatoms. The van der Waals surface area contributed by atoms with Crippen molar-refractivity contribution in [1.29, 1.82) is 0 Å². The van der Waals surface area contributed by atoms with Crippen molar-refractivity contribution in [3.8, 4) is 17.0 Å². The van der Waals surface area contributed by atoms with Gasteiger partial charge in [0.15, 0.2) is 16.4 Å². The van der Waals surface area contributed by atoms with Crippen LogP contribution in [-0.2, 0) is 14.6 Å². The molecule has 4 rings (SSSR count). The minimum absolute atomic E-state index is 0.0151. The van der Waals surface area contributed by atoms with Crippen molar-refractivity contribution in [2.45, 2.75) is 12.5 Å². The molecule has 1 aliphatic rings. The van der Waals surface area contributed by atoms with Gasteiger partial charge in [0, 0.05) is 16.1 Å². The molecule has 156 valence electrons. The summed E-state index contributed by atoms with van der Waals surface area (Å²) >= 11 is 3.35. The quantitative estimate of drug-likeness (QED) is 0.570. The number of ether oxygens (including phenoxy) is 1. The van der Waals surface area contributed by atoms with Crippen LogP contribution in [0.2, 0.25) is 0 Å². The molecule has 0 aliphatic carbocycles. The van der Waals surface area contributed by atoms with Gasteiger partial charge in [-0.25, -0.2) is 13.1 Å². The van der Waals surface area contributed by atoms with Crippen molar-refractivity contribution in [3.63, 3.8) is 0 Å². The highest BCUT2D eigenvalue weighted by atomic mass is 79.9. The van der Waals surface area contributed by atoms with Crippen LogP contribution in [0.25, 0.3) is 11.3 Å². The van der Waals surface area contributed by atoms with E-state index in [0.717, 1.165) is 10.0 Å². The lowest BCUT2D eigenvalue weighted by Gasteiger charge is -2.14. The number of carbonyl (C=O) groups is 1. The molecular weight excluding hydrogens is 470 g/mol. The van der Waals surface area contributed by atoms with E-state index in [1.807, 2.05) is 42.5 Å². The van der Waals surface area contributed by atoms with Gasteiger partial charge in [-0.05, 0) is 30.7 Å². The molecule has 3 aromatic rings. The summed E-state index contributed by atoms with van der Waals surface area (Å²) in [7, 11) is -3.10. The predicted octanol–water partition coefficient (Wildman–Crippen LogP) is 3.69. The van der Waals surface area contributed by atoms with Crippen LogP contribution in [-0.4, -0.2) is 42.2 Å². The zero-order valence-corrected chi connectivity index (χ0v) is 18.4. The SMILES string of the molecule is O=C(COc1ccc(Br)cc1)Nc1cc(-c2ccccc2)nn1[C@@H]1CCS(=O)(=O)C1. The number of halogens is 1. The van der Waals surface area contributed by atoms with Gasteiger partial charge in [0.2, 0.25) is 0 Å². The Balaban J connectivity index is 1.53. The second-order valence-electron chi connectivity index (χ2n) is 7.07. The number of amides is 1. The number of anilines is 1. The van der Waals surface area contributed by atoms with E-state index in [-0.39, 0.29) is 30.1 Å². The van der Waals surface area contributed by atoms with E-state index in [1.54, 1.807) is 22.9 Å². The summed E-state index contributed by atoms with van der Waals surface area (Å²) in [5, 5.41) is 7.42. The molecular formula is C21H20BrN3O4S. The number of nitrogens with zero attached hydrogens (tertiary/aromatic N) is 2. The Kier molecular flexibility index (Phi) is 5.92. The Morgan fingerprint density at radius 2 is 1.90 bits per heavy atom. The van der Waals surface area contributed by atoms with Gasteiger partial charge in [-0.15, -0.1) is 0 Å².